The van der Waals surface area contributed by atoms with Crippen molar-refractivity contribution in [2.45, 2.75) is 13.8 Å². The number of rotatable bonds is 1. The van der Waals surface area contributed by atoms with E-state index in [1.165, 1.54) is 6.07 Å². The molecule has 0 bridgehead atoms. The Morgan fingerprint density at radius 1 is 0.941 bits per heavy atom. The summed E-state index contributed by atoms with van der Waals surface area (Å²) < 4.78 is 13.9. The Kier molecular flexibility index (Phi) is 3.41. The Balaban J connectivity index is 2.77. The molecule has 0 aliphatic carbocycles. The molecule has 0 unspecified atom stereocenters. The van der Waals surface area contributed by atoms with Crippen LogP contribution in [0.5, 0.6) is 0 Å². The van der Waals surface area contributed by atoms with E-state index in [2.05, 4.69) is 0 Å². The zero-order valence-electron chi connectivity index (χ0n) is 9.52. The van der Waals surface area contributed by atoms with Gasteiger partial charge in [-0.25, -0.2) is 4.39 Å². The average molecular weight is 269 g/mol. The largest absolute Gasteiger partial charge is 0.206 e. The topological polar surface area (TPSA) is 0 Å². The highest BCUT2D eigenvalue weighted by Gasteiger charge is 2.15. The monoisotopic (exact) mass is 268 g/mol. The van der Waals surface area contributed by atoms with E-state index in [4.69, 9.17) is 23.2 Å². The van der Waals surface area contributed by atoms with Crippen molar-refractivity contribution in [1.82, 2.24) is 0 Å². The molecule has 2 aromatic rings. The van der Waals surface area contributed by atoms with Crippen LogP contribution in [0, 0.1) is 19.7 Å². The van der Waals surface area contributed by atoms with Gasteiger partial charge in [0.2, 0.25) is 0 Å². The summed E-state index contributed by atoms with van der Waals surface area (Å²) in [6, 6.07) is 8.40. The van der Waals surface area contributed by atoms with Crippen molar-refractivity contribution in [3.8, 4) is 11.1 Å². The predicted molar refractivity (Wildman–Crippen MR) is 71.3 cm³/mol. The Labute approximate surface area is 110 Å². The van der Waals surface area contributed by atoms with Gasteiger partial charge in [-0.2, -0.15) is 0 Å². The zero-order valence-corrected chi connectivity index (χ0v) is 11.0. The third kappa shape index (κ3) is 2.31. The van der Waals surface area contributed by atoms with Gasteiger partial charge in [-0.15, -0.1) is 0 Å². The summed E-state index contributed by atoms with van der Waals surface area (Å²) in [5, 5.41) is 0.897. The summed E-state index contributed by atoms with van der Waals surface area (Å²) in [4.78, 5) is 0. The first-order valence-corrected chi connectivity index (χ1v) is 5.97. The lowest BCUT2D eigenvalue weighted by Crippen LogP contribution is -1.91. The van der Waals surface area contributed by atoms with Crippen LogP contribution in [0.2, 0.25) is 10.0 Å². The number of halogens is 3. The predicted octanol–water partition coefficient (Wildman–Crippen LogP) is 5.42. The second-order valence-corrected chi connectivity index (χ2v) is 4.85. The van der Waals surface area contributed by atoms with Gasteiger partial charge in [0.05, 0.1) is 5.02 Å². The van der Waals surface area contributed by atoms with Crippen LogP contribution < -0.4 is 0 Å². The van der Waals surface area contributed by atoms with Crippen LogP contribution in [0.4, 0.5) is 4.39 Å². The van der Waals surface area contributed by atoms with Gasteiger partial charge in [-0.05, 0) is 43.2 Å². The molecule has 88 valence electrons. The van der Waals surface area contributed by atoms with Gasteiger partial charge in [0.1, 0.15) is 5.82 Å². The van der Waals surface area contributed by atoms with Crippen LogP contribution in [-0.2, 0) is 0 Å². The van der Waals surface area contributed by atoms with E-state index in [1.807, 2.05) is 26.0 Å². The summed E-state index contributed by atoms with van der Waals surface area (Å²) in [7, 11) is 0. The molecule has 0 aliphatic heterocycles. The third-order valence-corrected chi connectivity index (χ3v) is 3.26. The zero-order chi connectivity index (χ0) is 12.6. The smallest absolute Gasteiger partial charge is 0.132 e. The minimum atomic E-state index is -0.355. The molecule has 0 aliphatic rings. The molecule has 0 amide bonds. The third-order valence-electron chi connectivity index (χ3n) is 2.64. The number of hydrogen-bond acceptors (Lipinski definition) is 0. The Hall–Kier alpha value is -1.05. The fourth-order valence-corrected chi connectivity index (χ4v) is 2.64. The molecular formula is C14H11Cl2F. The van der Waals surface area contributed by atoms with Gasteiger partial charge in [-0.1, -0.05) is 35.3 Å². The first kappa shape index (κ1) is 12.4. The molecular weight excluding hydrogens is 258 g/mol. The van der Waals surface area contributed by atoms with E-state index in [0.29, 0.717) is 21.2 Å². The molecule has 0 N–H and O–H groups in total. The van der Waals surface area contributed by atoms with Crippen molar-refractivity contribution in [2.24, 2.45) is 0 Å². The molecule has 0 spiro atoms. The van der Waals surface area contributed by atoms with Gasteiger partial charge in [0, 0.05) is 16.1 Å². The van der Waals surface area contributed by atoms with Gasteiger partial charge >= 0.3 is 0 Å². The molecule has 0 atom stereocenters. The average Bonchev–Trinajstić information content (AvgIpc) is 2.21. The maximum absolute atomic E-state index is 13.9. The first-order valence-electron chi connectivity index (χ1n) is 5.22. The Morgan fingerprint density at radius 3 is 2.24 bits per heavy atom. The maximum atomic E-state index is 13.9. The quantitative estimate of drug-likeness (QED) is 0.648. The lowest BCUT2D eigenvalue weighted by atomic mass is 9.98. The molecule has 0 saturated heterocycles. The lowest BCUT2D eigenvalue weighted by Gasteiger charge is -2.12. The molecule has 0 radical (unpaired) electrons. The lowest BCUT2D eigenvalue weighted by molar-refractivity contribution is 0.631. The van der Waals surface area contributed by atoms with E-state index in [-0.39, 0.29) is 5.82 Å². The number of benzene rings is 2. The fourth-order valence-electron chi connectivity index (χ4n) is 1.97. The molecule has 0 heterocycles. The van der Waals surface area contributed by atoms with Crippen molar-refractivity contribution in [3.63, 3.8) is 0 Å². The van der Waals surface area contributed by atoms with Crippen LogP contribution in [0.15, 0.2) is 30.3 Å². The molecule has 0 fully saturated rings. The Bertz CT molecular complexity index is 533. The van der Waals surface area contributed by atoms with E-state index >= 15 is 0 Å². The standard InChI is InChI=1S/C14H11Cl2F/c1-8-6-9(2)13(11(16)7-8)14-10(15)4-3-5-12(14)17/h3-7H,1-2H3. The van der Waals surface area contributed by atoms with Gasteiger partial charge in [-0.3, -0.25) is 0 Å². The van der Waals surface area contributed by atoms with Crippen LogP contribution in [0.3, 0.4) is 0 Å². The highest BCUT2D eigenvalue weighted by Crippen LogP contribution is 2.38. The highest BCUT2D eigenvalue weighted by molar-refractivity contribution is 6.36. The van der Waals surface area contributed by atoms with Crippen LogP contribution in [0.1, 0.15) is 11.1 Å². The molecule has 0 aromatic heterocycles. The van der Waals surface area contributed by atoms with Crippen LogP contribution in [0.25, 0.3) is 11.1 Å². The fraction of sp³-hybridized carbons (Fsp3) is 0.143. The number of aryl methyl sites for hydroxylation is 2. The summed E-state index contributed by atoms with van der Waals surface area (Å²) in [6.45, 7) is 3.85. The van der Waals surface area contributed by atoms with E-state index in [1.54, 1.807) is 12.1 Å². The van der Waals surface area contributed by atoms with E-state index < -0.39 is 0 Å². The van der Waals surface area contributed by atoms with Crippen molar-refractivity contribution < 1.29 is 4.39 Å². The van der Waals surface area contributed by atoms with Gasteiger partial charge < -0.3 is 0 Å². The molecule has 0 nitrogen and oxygen atoms in total. The van der Waals surface area contributed by atoms with Crippen molar-refractivity contribution in [1.29, 1.82) is 0 Å². The summed E-state index contributed by atoms with van der Waals surface area (Å²) in [5.74, 6) is -0.355. The summed E-state index contributed by atoms with van der Waals surface area (Å²) in [5.41, 5.74) is 3.00. The second-order valence-electron chi connectivity index (χ2n) is 4.04. The van der Waals surface area contributed by atoms with Gasteiger partial charge in [0.25, 0.3) is 0 Å². The SMILES string of the molecule is Cc1cc(C)c(-c2c(F)cccc2Cl)c(Cl)c1. The van der Waals surface area contributed by atoms with Crippen molar-refractivity contribution >= 4 is 23.2 Å². The van der Waals surface area contributed by atoms with E-state index in [9.17, 15) is 4.39 Å². The molecule has 3 heteroatoms. The molecule has 17 heavy (non-hydrogen) atoms. The highest BCUT2D eigenvalue weighted by atomic mass is 35.5. The Morgan fingerprint density at radius 2 is 1.65 bits per heavy atom. The summed E-state index contributed by atoms with van der Waals surface area (Å²) >= 11 is 12.2. The minimum absolute atomic E-state index is 0.355. The minimum Gasteiger partial charge on any atom is -0.206 e. The van der Waals surface area contributed by atoms with Crippen molar-refractivity contribution in [3.05, 3.63) is 57.3 Å². The first-order chi connectivity index (χ1) is 8.00. The van der Waals surface area contributed by atoms with Crippen LogP contribution in [-0.4, -0.2) is 0 Å². The molecule has 2 aromatic carbocycles. The molecule has 2 rings (SSSR count). The summed E-state index contributed by atoms with van der Waals surface area (Å²) in [6.07, 6.45) is 0. The maximum Gasteiger partial charge on any atom is 0.132 e. The molecule has 0 saturated carbocycles. The van der Waals surface area contributed by atoms with Crippen molar-refractivity contribution in [2.75, 3.05) is 0 Å². The number of hydrogen-bond donors (Lipinski definition) is 0. The van der Waals surface area contributed by atoms with E-state index in [0.717, 1.165) is 11.1 Å². The second kappa shape index (κ2) is 4.67. The normalized spacial score (nSPS) is 10.6. The van der Waals surface area contributed by atoms with Gasteiger partial charge in [0.15, 0.2) is 0 Å². The van der Waals surface area contributed by atoms with Crippen LogP contribution >= 0.6 is 23.2 Å².